The topological polar surface area (TPSA) is 37.3 Å². The van der Waals surface area contributed by atoms with Crippen LogP contribution in [-0.2, 0) is 6.54 Å². The first-order chi connectivity index (χ1) is 12.6. The maximum absolute atomic E-state index is 13.0. The molecule has 1 aliphatic rings. The minimum Gasteiger partial charge on any atom is -0.348 e. The van der Waals surface area contributed by atoms with Gasteiger partial charge in [-0.05, 0) is 48.9 Å². The summed E-state index contributed by atoms with van der Waals surface area (Å²) in [4.78, 5) is 14.9. The van der Waals surface area contributed by atoms with E-state index in [-0.39, 0.29) is 12.1 Å². The van der Waals surface area contributed by atoms with Gasteiger partial charge in [0.05, 0.1) is 6.04 Å². The number of aromatic nitrogens is 1. The molecule has 0 radical (unpaired) electrons. The molecule has 0 bridgehead atoms. The van der Waals surface area contributed by atoms with Crippen molar-refractivity contribution in [2.24, 2.45) is 0 Å². The van der Waals surface area contributed by atoms with Gasteiger partial charge in [0, 0.05) is 35.7 Å². The first-order valence-electron chi connectivity index (χ1n) is 8.66. The number of carbonyl (C=O) groups is 1. The van der Waals surface area contributed by atoms with Gasteiger partial charge in [-0.15, -0.1) is 0 Å². The van der Waals surface area contributed by atoms with Crippen molar-refractivity contribution in [1.82, 2.24) is 9.47 Å². The molecule has 26 heavy (non-hydrogen) atoms. The van der Waals surface area contributed by atoms with E-state index in [2.05, 4.69) is 53.3 Å². The summed E-state index contributed by atoms with van der Waals surface area (Å²) >= 11 is 5.93. The molecule has 0 aliphatic carbocycles. The molecule has 0 saturated carbocycles. The van der Waals surface area contributed by atoms with Gasteiger partial charge in [0.2, 0.25) is 0 Å². The molecule has 0 unspecified atom stereocenters. The predicted molar refractivity (Wildman–Crippen MR) is 105 cm³/mol. The van der Waals surface area contributed by atoms with Gasteiger partial charge < -0.3 is 14.8 Å². The molecule has 0 fully saturated rings. The van der Waals surface area contributed by atoms with E-state index in [0.29, 0.717) is 11.6 Å². The highest BCUT2D eigenvalue weighted by Gasteiger charge is 2.32. The second-order valence-electron chi connectivity index (χ2n) is 6.57. The van der Waals surface area contributed by atoms with E-state index in [1.54, 1.807) is 12.1 Å². The summed E-state index contributed by atoms with van der Waals surface area (Å²) in [5.41, 5.74) is 4.19. The van der Waals surface area contributed by atoms with Crippen LogP contribution in [0.1, 0.15) is 22.9 Å². The van der Waals surface area contributed by atoms with Gasteiger partial charge in [0.25, 0.3) is 0 Å². The van der Waals surface area contributed by atoms with Crippen LogP contribution >= 0.6 is 11.6 Å². The number of amides is 2. The number of carbonyl (C=O) groups excluding carboxylic acids is 1. The summed E-state index contributed by atoms with van der Waals surface area (Å²) in [5.74, 6) is 0. The van der Waals surface area contributed by atoms with Gasteiger partial charge in [0.15, 0.2) is 0 Å². The fourth-order valence-electron chi connectivity index (χ4n) is 3.43. The number of nitrogens with zero attached hydrogens (tertiary/aromatic N) is 2. The van der Waals surface area contributed by atoms with Gasteiger partial charge in [-0.3, -0.25) is 0 Å². The minimum absolute atomic E-state index is 0.105. The molecule has 1 atom stereocenters. The van der Waals surface area contributed by atoms with Crippen LogP contribution in [0.15, 0.2) is 66.9 Å². The van der Waals surface area contributed by atoms with Crippen LogP contribution in [-0.4, -0.2) is 22.0 Å². The second kappa shape index (κ2) is 6.89. The number of aryl methyl sites for hydroxylation is 1. The Labute approximate surface area is 158 Å². The summed E-state index contributed by atoms with van der Waals surface area (Å²) < 4.78 is 2.22. The molecule has 2 aromatic carbocycles. The molecule has 3 aromatic rings. The Morgan fingerprint density at radius 3 is 2.50 bits per heavy atom. The zero-order valence-corrected chi connectivity index (χ0v) is 15.3. The summed E-state index contributed by atoms with van der Waals surface area (Å²) in [6.07, 6.45) is 2.07. The number of halogens is 1. The van der Waals surface area contributed by atoms with Gasteiger partial charge in [-0.2, -0.15) is 0 Å². The number of rotatable bonds is 2. The predicted octanol–water partition coefficient (Wildman–Crippen LogP) is 5.09. The van der Waals surface area contributed by atoms with E-state index in [0.717, 1.165) is 23.5 Å². The standard InChI is InChI=1S/C21H20ClN3O/c1-15-4-6-16(7-5-15)20-19-3-2-12-24(19)13-14-25(20)21(26)23-18-10-8-17(22)9-11-18/h2-12,20H,13-14H2,1H3,(H,23,26)/t20-/m0/s1. The van der Waals surface area contributed by atoms with Crippen LogP contribution in [0.25, 0.3) is 0 Å². The van der Waals surface area contributed by atoms with E-state index in [1.807, 2.05) is 23.1 Å². The highest BCUT2D eigenvalue weighted by Crippen LogP contribution is 2.33. The summed E-state index contributed by atoms with van der Waals surface area (Å²) in [7, 11) is 0. The van der Waals surface area contributed by atoms with E-state index in [4.69, 9.17) is 11.6 Å². The normalized spacial score (nSPS) is 16.2. The Hall–Kier alpha value is -2.72. The van der Waals surface area contributed by atoms with Crippen molar-refractivity contribution in [3.8, 4) is 0 Å². The second-order valence-corrected chi connectivity index (χ2v) is 7.01. The molecule has 4 nitrogen and oxygen atoms in total. The third-order valence-corrected chi connectivity index (χ3v) is 5.04. The highest BCUT2D eigenvalue weighted by molar-refractivity contribution is 6.30. The largest absolute Gasteiger partial charge is 0.348 e. The average Bonchev–Trinajstić information content (AvgIpc) is 3.12. The number of nitrogens with one attached hydrogen (secondary N) is 1. The van der Waals surface area contributed by atoms with E-state index in [1.165, 1.54) is 5.56 Å². The lowest BCUT2D eigenvalue weighted by Gasteiger charge is -2.37. The zero-order chi connectivity index (χ0) is 18.1. The Balaban J connectivity index is 1.66. The van der Waals surface area contributed by atoms with Crippen LogP contribution in [0, 0.1) is 6.92 Å². The SMILES string of the molecule is Cc1ccc([C@H]2c3cccn3CCN2C(=O)Nc2ccc(Cl)cc2)cc1. The van der Waals surface area contributed by atoms with Crippen molar-refractivity contribution in [2.45, 2.75) is 19.5 Å². The number of fused-ring (bicyclic) bond motifs is 1. The third-order valence-electron chi connectivity index (χ3n) is 4.79. The molecule has 5 heteroatoms. The smallest absolute Gasteiger partial charge is 0.322 e. The van der Waals surface area contributed by atoms with Gasteiger partial charge in [-0.25, -0.2) is 4.79 Å². The minimum atomic E-state index is -0.106. The molecule has 1 N–H and O–H groups in total. The molecular weight excluding hydrogens is 346 g/mol. The third kappa shape index (κ3) is 3.20. The van der Waals surface area contributed by atoms with Crippen molar-refractivity contribution in [2.75, 3.05) is 11.9 Å². The number of hydrogen-bond acceptors (Lipinski definition) is 1. The van der Waals surface area contributed by atoms with Gasteiger partial charge >= 0.3 is 6.03 Å². The van der Waals surface area contributed by atoms with Crippen molar-refractivity contribution in [3.05, 3.63) is 88.7 Å². The molecule has 1 aromatic heterocycles. The first-order valence-corrected chi connectivity index (χ1v) is 9.04. The molecule has 132 valence electrons. The van der Waals surface area contributed by atoms with Crippen molar-refractivity contribution < 1.29 is 4.79 Å². The number of hydrogen-bond donors (Lipinski definition) is 1. The van der Waals surface area contributed by atoms with E-state index >= 15 is 0 Å². The Morgan fingerprint density at radius 1 is 1.04 bits per heavy atom. The lowest BCUT2D eigenvalue weighted by Crippen LogP contribution is -2.44. The molecule has 2 heterocycles. The zero-order valence-electron chi connectivity index (χ0n) is 14.5. The molecule has 0 spiro atoms. The Morgan fingerprint density at radius 2 is 1.77 bits per heavy atom. The Kier molecular flexibility index (Phi) is 4.43. The number of benzene rings is 2. The van der Waals surface area contributed by atoms with Crippen LogP contribution in [0.3, 0.4) is 0 Å². The maximum atomic E-state index is 13.0. The van der Waals surface area contributed by atoms with E-state index < -0.39 is 0 Å². The number of urea groups is 1. The van der Waals surface area contributed by atoms with Crippen LogP contribution in [0.5, 0.6) is 0 Å². The first kappa shape index (κ1) is 16.7. The molecule has 4 rings (SSSR count). The monoisotopic (exact) mass is 365 g/mol. The summed E-state index contributed by atoms with van der Waals surface area (Å²) in [5, 5.41) is 3.64. The van der Waals surface area contributed by atoms with Crippen LogP contribution in [0.2, 0.25) is 5.02 Å². The molecular formula is C21H20ClN3O. The fraction of sp³-hybridized carbons (Fsp3) is 0.190. The molecule has 2 amide bonds. The highest BCUT2D eigenvalue weighted by atomic mass is 35.5. The van der Waals surface area contributed by atoms with Crippen molar-refractivity contribution in [3.63, 3.8) is 0 Å². The van der Waals surface area contributed by atoms with Crippen LogP contribution in [0.4, 0.5) is 10.5 Å². The quantitative estimate of drug-likeness (QED) is 0.675. The van der Waals surface area contributed by atoms with Crippen molar-refractivity contribution in [1.29, 1.82) is 0 Å². The Bertz CT molecular complexity index is 915. The molecule has 1 aliphatic heterocycles. The number of anilines is 1. The molecule has 0 saturated heterocycles. The van der Waals surface area contributed by atoms with Gasteiger partial charge in [0.1, 0.15) is 0 Å². The van der Waals surface area contributed by atoms with Gasteiger partial charge in [-0.1, -0.05) is 41.4 Å². The summed E-state index contributed by atoms with van der Waals surface area (Å²) in [6.45, 7) is 3.51. The van der Waals surface area contributed by atoms with Crippen LogP contribution < -0.4 is 5.32 Å². The average molecular weight is 366 g/mol. The maximum Gasteiger partial charge on any atom is 0.322 e. The fourth-order valence-corrected chi connectivity index (χ4v) is 3.56. The van der Waals surface area contributed by atoms with E-state index in [9.17, 15) is 4.79 Å². The van der Waals surface area contributed by atoms with Crippen molar-refractivity contribution >= 4 is 23.3 Å². The lowest BCUT2D eigenvalue weighted by atomic mass is 9.99. The summed E-state index contributed by atoms with van der Waals surface area (Å²) in [6, 6.07) is 19.5. The lowest BCUT2D eigenvalue weighted by molar-refractivity contribution is 0.182.